The van der Waals surface area contributed by atoms with E-state index >= 15 is 0 Å². The van der Waals surface area contributed by atoms with Crippen LogP contribution in [0.1, 0.15) is 23.7 Å². The van der Waals surface area contributed by atoms with Crippen LogP contribution in [0.4, 0.5) is 0 Å². The van der Waals surface area contributed by atoms with Crippen molar-refractivity contribution >= 4 is 16.0 Å². The van der Waals surface area contributed by atoms with Crippen LogP contribution in [0.25, 0.3) is 11.1 Å². The van der Waals surface area contributed by atoms with Crippen LogP contribution >= 0.6 is 0 Å². The van der Waals surface area contributed by atoms with Crippen molar-refractivity contribution in [3.63, 3.8) is 0 Å². The van der Waals surface area contributed by atoms with E-state index in [1.165, 1.54) is 10.9 Å². The molecule has 0 N–H and O–H groups in total. The van der Waals surface area contributed by atoms with Crippen LogP contribution in [0.15, 0.2) is 78.3 Å². The lowest BCUT2D eigenvalue weighted by atomic mass is 10.0. The summed E-state index contributed by atoms with van der Waals surface area (Å²) in [6.07, 6.45) is 3.75. The third kappa shape index (κ3) is 4.32. The molecule has 0 aliphatic carbocycles. The molecule has 0 aliphatic heterocycles. The van der Waals surface area contributed by atoms with Gasteiger partial charge in [-0.15, -0.1) is 6.58 Å². The molecule has 0 spiro atoms. The molecule has 0 bridgehead atoms. The van der Waals surface area contributed by atoms with E-state index in [4.69, 9.17) is 4.74 Å². The average Bonchev–Trinajstić information content (AvgIpc) is 3.07. The number of hydrogen-bond acceptors (Lipinski definition) is 4. The lowest BCUT2D eigenvalue weighted by Crippen LogP contribution is -2.17. The van der Waals surface area contributed by atoms with E-state index in [-0.39, 0.29) is 11.5 Å². The van der Waals surface area contributed by atoms with Gasteiger partial charge in [0.25, 0.3) is 10.0 Å². The highest BCUT2D eigenvalue weighted by atomic mass is 32.2. The van der Waals surface area contributed by atoms with E-state index in [9.17, 15) is 13.2 Å². The zero-order chi connectivity index (χ0) is 21.0. The third-order valence-corrected chi connectivity index (χ3v) is 6.32. The van der Waals surface area contributed by atoms with Crippen LogP contribution in [0.5, 0.6) is 0 Å². The van der Waals surface area contributed by atoms with Gasteiger partial charge in [0.1, 0.15) is 6.61 Å². The average molecular weight is 410 g/mol. The monoisotopic (exact) mass is 409 g/mol. The summed E-state index contributed by atoms with van der Waals surface area (Å²) in [7, 11) is -3.87. The van der Waals surface area contributed by atoms with Gasteiger partial charge < -0.3 is 4.74 Å². The molecule has 0 unspecified atom stereocenters. The summed E-state index contributed by atoms with van der Waals surface area (Å²) in [5.74, 6) is -0.476. The van der Waals surface area contributed by atoms with E-state index in [0.29, 0.717) is 12.1 Å². The Morgan fingerprint density at radius 2 is 1.76 bits per heavy atom. The molecule has 29 heavy (non-hydrogen) atoms. The fraction of sp³-hybridized carbons (Fsp3) is 0.174. The first kappa shape index (κ1) is 20.6. The van der Waals surface area contributed by atoms with Gasteiger partial charge >= 0.3 is 5.97 Å². The second-order valence-corrected chi connectivity index (χ2v) is 8.54. The summed E-state index contributed by atoms with van der Waals surface area (Å²) in [5.41, 5.74) is 3.80. The summed E-state index contributed by atoms with van der Waals surface area (Å²) >= 11 is 0. The molecular formula is C23H23NO4S. The van der Waals surface area contributed by atoms with Crippen molar-refractivity contribution in [2.75, 3.05) is 0 Å². The lowest BCUT2D eigenvalue weighted by molar-refractivity contribution is -0.142. The van der Waals surface area contributed by atoms with Crippen molar-refractivity contribution in [2.45, 2.75) is 31.8 Å². The summed E-state index contributed by atoms with van der Waals surface area (Å²) in [6, 6.07) is 16.2. The SMILES string of the molecule is C=CCc1c(-c2ccccc2)cn(S(=O)(=O)c2ccc(C)cc2)c1COC(C)=O. The van der Waals surface area contributed by atoms with Gasteiger partial charge in [0, 0.05) is 18.7 Å². The maximum atomic E-state index is 13.4. The maximum absolute atomic E-state index is 13.4. The van der Waals surface area contributed by atoms with Crippen molar-refractivity contribution in [3.8, 4) is 11.1 Å². The molecule has 3 rings (SSSR count). The second kappa shape index (κ2) is 8.49. The molecule has 2 aromatic carbocycles. The number of allylic oxidation sites excluding steroid dienone is 1. The molecule has 0 aliphatic rings. The smallest absolute Gasteiger partial charge is 0.303 e. The molecule has 0 saturated carbocycles. The predicted octanol–water partition coefficient (Wildman–Crippen LogP) is 4.49. The van der Waals surface area contributed by atoms with Gasteiger partial charge in [-0.05, 0) is 36.6 Å². The fourth-order valence-corrected chi connectivity index (χ4v) is 4.56. The summed E-state index contributed by atoms with van der Waals surface area (Å²) in [6.45, 7) is 6.85. The minimum atomic E-state index is -3.87. The molecule has 0 amide bonds. The number of ether oxygens (including phenoxy) is 1. The Balaban J connectivity index is 2.25. The normalized spacial score (nSPS) is 11.2. The molecule has 150 valence electrons. The topological polar surface area (TPSA) is 65.4 Å². The van der Waals surface area contributed by atoms with Crippen LogP contribution in [0.2, 0.25) is 0 Å². The van der Waals surface area contributed by atoms with Crippen molar-refractivity contribution in [2.24, 2.45) is 0 Å². The fourth-order valence-electron chi connectivity index (χ4n) is 3.16. The second-order valence-electron chi connectivity index (χ2n) is 6.72. The summed E-state index contributed by atoms with van der Waals surface area (Å²) in [5, 5.41) is 0. The van der Waals surface area contributed by atoms with Crippen molar-refractivity contribution < 1.29 is 17.9 Å². The van der Waals surface area contributed by atoms with Crippen LogP contribution in [0, 0.1) is 6.92 Å². The van der Waals surface area contributed by atoms with Gasteiger partial charge in [-0.1, -0.05) is 54.1 Å². The minimum Gasteiger partial charge on any atom is -0.459 e. The number of rotatable bonds is 7. The highest BCUT2D eigenvalue weighted by Crippen LogP contribution is 2.32. The third-order valence-electron chi connectivity index (χ3n) is 4.61. The van der Waals surface area contributed by atoms with Crippen LogP contribution in [-0.2, 0) is 32.6 Å². The first-order valence-electron chi connectivity index (χ1n) is 9.19. The van der Waals surface area contributed by atoms with Crippen molar-refractivity contribution in [1.29, 1.82) is 0 Å². The quantitative estimate of drug-likeness (QED) is 0.426. The molecule has 0 saturated heterocycles. The van der Waals surface area contributed by atoms with Gasteiger partial charge in [0.15, 0.2) is 0 Å². The Morgan fingerprint density at radius 3 is 2.34 bits per heavy atom. The predicted molar refractivity (Wildman–Crippen MR) is 113 cm³/mol. The van der Waals surface area contributed by atoms with E-state index < -0.39 is 16.0 Å². The molecule has 5 nitrogen and oxygen atoms in total. The first-order valence-corrected chi connectivity index (χ1v) is 10.6. The molecule has 6 heteroatoms. The standard InChI is InChI=1S/C23H23NO4S/c1-4-8-21-22(19-9-6-5-7-10-19)15-24(23(21)16-28-18(3)25)29(26,27)20-13-11-17(2)12-14-20/h4-7,9-15H,1,8,16H2,2-3H3. The van der Waals surface area contributed by atoms with Gasteiger partial charge in [-0.25, -0.2) is 12.4 Å². The van der Waals surface area contributed by atoms with Gasteiger partial charge in [0.2, 0.25) is 0 Å². The van der Waals surface area contributed by atoms with Gasteiger partial charge in [0.05, 0.1) is 10.6 Å². The highest BCUT2D eigenvalue weighted by Gasteiger charge is 2.26. The minimum absolute atomic E-state index is 0.142. The van der Waals surface area contributed by atoms with E-state index in [1.807, 2.05) is 37.3 Å². The van der Waals surface area contributed by atoms with E-state index in [0.717, 1.165) is 22.3 Å². The molecule has 3 aromatic rings. The maximum Gasteiger partial charge on any atom is 0.303 e. The number of carbonyl (C=O) groups excluding carboxylic acids is 1. The van der Waals surface area contributed by atoms with Crippen LogP contribution < -0.4 is 0 Å². The Hall–Kier alpha value is -3.12. The lowest BCUT2D eigenvalue weighted by Gasteiger charge is -2.12. The zero-order valence-corrected chi connectivity index (χ0v) is 17.3. The zero-order valence-electron chi connectivity index (χ0n) is 16.5. The van der Waals surface area contributed by atoms with Crippen LogP contribution in [-0.4, -0.2) is 18.4 Å². The van der Waals surface area contributed by atoms with E-state index in [1.54, 1.807) is 36.5 Å². The first-order chi connectivity index (χ1) is 13.8. The molecular weight excluding hydrogens is 386 g/mol. The van der Waals surface area contributed by atoms with Crippen LogP contribution in [0.3, 0.4) is 0 Å². The van der Waals surface area contributed by atoms with E-state index in [2.05, 4.69) is 6.58 Å². The number of esters is 1. The molecule has 0 fully saturated rings. The number of aromatic nitrogens is 1. The number of carbonyl (C=O) groups is 1. The Labute approximate surface area is 171 Å². The highest BCUT2D eigenvalue weighted by molar-refractivity contribution is 7.90. The molecule has 1 heterocycles. The number of nitrogens with zero attached hydrogens (tertiary/aromatic N) is 1. The van der Waals surface area contributed by atoms with Crippen molar-refractivity contribution in [3.05, 3.63) is 90.3 Å². The molecule has 0 radical (unpaired) electrons. The molecule has 1 aromatic heterocycles. The number of aryl methyl sites for hydroxylation is 1. The Bertz CT molecular complexity index is 1130. The summed E-state index contributed by atoms with van der Waals surface area (Å²) < 4.78 is 33.2. The molecule has 0 atom stereocenters. The van der Waals surface area contributed by atoms with Crippen molar-refractivity contribution in [1.82, 2.24) is 3.97 Å². The number of hydrogen-bond donors (Lipinski definition) is 0. The number of benzene rings is 2. The largest absolute Gasteiger partial charge is 0.459 e. The van der Waals surface area contributed by atoms with Gasteiger partial charge in [-0.2, -0.15) is 0 Å². The Morgan fingerprint density at radius 1 is 1.10 bits per heavy atom. The van der Waals surface area contributed by atoms with Gasteiger partial charge in [-0.3, -0.25) is 4.79 Å². The Kier molecular flexibility index (Phi) is 6.03. The summed E-state index contributed by atoms with van der Waals surface area (Å²) in [4.78, 5) is 11.6.